The van der Waals surface area contributed by atoms with Gasteiger partial charge in [-0.1, -0.05) is 0 Å². The van der Waals surface area contributed by atoms with Gasteiger partial charge in [0.05, 0.1) is 6.10 Å². The molecule has 1 fully saturated rings. The summed E-state index contributed by atoms with van der Waals surface area (Å²) in [5.74, 6) is 0.774. The largest absolute Gasteiger partial charge is 0.370 e. The van der Waals surface area contributed by atoms with E-state index in [0.717, 1.165) is 18.7 Å². The number of hydrogen-bond donors (Lipinski definition) is 2. The van der Waals surface area contributed by atoms with E-state index in [1.165, 1.54) is 6.33 Å². The molecule has 1 aromatic heterocycles. The van der Waals surface area contributed by atoms with Crippen LogP contribution in [0.5, 0.6) is 0 Å². The standard InChI is InChI=1S/C7H12N4O/c8-5-1-6(2-5)12-3-7-9-4-10-11-7/h4-6H,1-3,8H2,(H,9,10,11). The van der Waals surface area contributed by atoms with E-state index in [-0.39, 0.29) is 0 Å². The molecule has 0 amide bonds. The van der Waals surface area contributed by atoms with Gasteiger partial charge in [-0.25, -0.2) is 4.98 Å². The van der Waals surface area contributed by atoms with Gasteiger partial charge in [-0.05, 0) is 12.8 Å². The topological polar surface area (TPSA) is 76.8 Å². The number of ether oxygens (including phenoxy) is 1. The highest BCUT2D eigenvalue weighted by atomic mass is 16.5. The van der Waals surface area contributed by atoms with Crippen LogP contribution in [0.25, 0.3) is 0 Å². The van der Waals surface area contributed by atoms with Crippen molar-refractivity contribution in [3.8, 4) is 0 Å². The minimum absolute atomic E-state index is 0.324. The van der Waals surface area contributed by atoms with Crippen molar-refractivity contribution in [3.05, 3.63) is 12.2 Å². The van der Waals surface area contributed by atoms with E-state index in [0.29, 0.717) is 18.8 Å². The van der Waals surface area contributed by atoms with Crippen molar-refractivity contribution in [2.24, 2.45) is 5.73 Å². The Bertz CT molecular complexity index is 230. The molecule has 0 aliphatic heterocycles. The second-order valence-electron chi connectivity index (χ2n) is 3.10. The van der Waals surface area contributed by atoms with E-state index < -0.39 is 0 Å². The van der Waals surface area contributed by atoms with Gasteiger partial charge < -0.3 is 10.5 Å². The van der Waals surface area contributed by atoms with Crippen LogP contribution in [0.15, 0.2) is 6.33 Å². The monoisotopic (exact) mass is 168 g/mol. The number of aromatic amines is 1. The van der Waals surface area contributed by atoms with E-state index in [4.69, 9.17) is 10.5 Å². The van der Waals surface area contributed by atoms with Gasteiger partial charge in [0, 0.05) is 6.04 Å². The Balaban J connectivity index is 1.70. The predicted octanol–water partition coefficient (Wildman–Crippen LogP) is -0.189. The molecule has 3 N–H and O–H groups in total. The number of nitrogens with two attached hydrogens (primary N) is 1. The first-order valence-corrected chi connectivity index (χ1v) is 4.06. The van der Waals surface area contributed by atoms with E-state index in [1.54, 1.807) is 0 Å². The lowest BCUT2D eigenvalue weighted by Crippen LogP contribution is -2.41. The third-order valence-electron chi connectivity index (χ3n) is 2.05. The summed E-state index contributed by atoms with van der Waals surface area (Å²) in [6.45, 7) is 0.511. The zero-order valence-electron chi connectivity index (χ0n) is 6.73. The van der Waals surface area contributed by atoms with Crippen LogP contribution in [0.1, 0.15) is 18.7 Å². The summed E-state index contributed by atoms with van der Waals surface area (Å²) < 4.78 is 5.48. The fourth-order valence-electron chi connectivity index (χ4n) is 1.24. The molecule has 0 saturated heterocycles. The maximum Gasteiger partial charge on any atom is 0.150 e. The highest BCUT2D eigenvalue weighted by Crippen LogP contribution is 2.21. The highest BCUT2D eigenvalue weighted by molar-refractivity contribution is 4.84. The van der Waals surface area contributed by atoms with Gasteiger partial charge in [0.2, 0.25) is 0 Å². The van der Waals surface area contributed by atoms with Crippen molar-refractivity contribution in [1.82, 2.24) is 15.2 Å². The lowest BCUT2D eigenvalue weighted by atomic mass is 9.90. The smallest absolute Gasteiger partial charge is 0.150 e. The van der Waals surface area contributed by atoms with Gasteiger partial charge in [-0.3, -0.25) is 5.10 Å². The summed E-state index contributed by atoms with van der Waals surface area (Å²) in [4.78, 5) is 3.94. The summed E-state index contributed by atoms with van der Waals surface area (Å²) in [6.07, 6.45) is 3.73. The van der Waals surface area contributed by atoms with E-state index in [9.17, 15) is 0 Å². The molecule has 5 heteroatoms. The van der Waals surface area contributed by atoms with Gasteiger partial charge in [0.15, 0.2) is 0 Å². The molecule has 1 aromatic rings. The van der Waals surface area contributed by atoms with Crippen LogP contribution in [0.3, 0.4) is 0 Å². The lowest BCUT2D eigenvalue weighted by molar-refractivity contribution is -0.0215. The Kier molecular flexibility index (Phi) is 2.05. The minimum Gasteiger partial charge on any atom is -0.370 e. The average Bonchev–Trinajstić information content (AvgIpc) is 2.47. The van der Waals surface area contributed by atoms with Crippen LogP contribution in [0, 0.1) is 0 Å². The number of rotatable bonds is 3. The van der Waals surface area contributed by atoms with Crippen LogP contribution >= 0.6 is 0 Å². The average molecular weight is 168 g/mol. The molecule has 0 bridgehead atoms. The fourth-order valence-corrected chi connectivity index (χ4v) is 1.24. The molecule has 0 spiro atoms. The molecule has 1 heterocycles. The molecule has 66 valence electrons. The minimum atomic E-state index is 0.324. The lowest BCUT2D eigenvalue weighted by Gasteiger charge is -2.31. The van der Waals surface area contributed by atoms with Crippen molar-refractivity contribution in [1.29, 1.82) is 0 Å². The molecule has 1 aliphatic carbocycles. The molecule has 0 unspecified atom stereocenters. The number of aromatic nitrogens is 3. The molecule has 0 aromatic carbocycles. The predicted molar refractivity (Wildman–Crippen MR) is 42.2 cm³/mol. The van der Waals surface area contributed by atoms with Gasteiger partial charge in [-0.2, -0.15) is 5.10 Å². The zero-order valence-corrected chi connectivity index (χ0v) is 6.73. The zero-order chi connectivity index (χ0) is 8.39. The molecule has 1 aliphatic rings. The molecule has 1 saturated carbocycles. The normalized spacial score (nSPS) is 28.4. The Morgan fingerprint density at radius 1 is 1.67 bits per heavy atom. The summed E-state index contributed by atoms with van der Waals surface area (Å²) >= 11 is 0. The third-order valence-corrected chi connectivity index (χ3v) is 2.05. The SMILES string of the molecule is NC1CC(OCc2ncn[nH]2)C1. The van der Waals surface area contributed by atoms with Gasteiger partial charge in [0.25, 0.3) is 0 Å². The Morgan fingerprint density at radius 3 is 3.08 bits per heavy atom. The van der Waals surface area contributed by atoms with Crippen molar-refractivity contribution < 1.29 is 4.74 Å². The number of nitrogens with one attached hydrogen (secondary N) is 1. The van der Waals surface area contributed by atoms with Crippen molar-refractivity contribution in [2.45, 2.75) is 31.6 Å². The maximum absolute atomic E-state index is 5.60. The van der Waals surface area contributed by atoms with Crippen LogP contribution in [-0.4, -0.2) is 27.3 Å². The van der Waals surface area contributed by atoms with Crippen molar-refractivity contribution in [2.75, 3.05) is 0 Å². The van der Waals surface area contributed by atoms with Crippen LogP contribution < -0.4 is 5.73 Å². The summed E-state index contributed by atoms with van der Waals surface area (Å²) in [5, 5.41) is 6.45. The molecular weight excluding hydrogens is 156 g/mol. The van der Waals surface area contributed by atoms with Gasteiger partial charge in [0.1, 0.15) is 18.8 Å². The second-order valence-corrected chi connectivity index (χ2v) is 3.10. The number of hydrogen-bond acceptors (Lipinski definition) is 4. The third kappa shape index (κ3) is 1.62. The van der Waals surface area contributed by atoms with E-state index in [2.05, 4.69) is 15.2 Å². The first-order valence-electron chi connectivity index (χ1n) is 4.06. The van der Waals surface area contributed by atoms with Crippen molar-refractivity contribution >= 4 is 0 Å². The summed E-state index contributed by atoms with van der Waals surface area (Å²) in [7, 11) is 0. The van der Waals surface area contributed by atoms with Gasteiger partial charge in [-0.15, -0.1) is 0 Å². The first kappa shape index (κ1) is 7.70. The first-order chi connectivity index (χ1) is 5.84. The van der Waals surface area contributed by atoms with Gasteiger partial charge >= 0.3 is 0 Å². The molecule has 0 atom stereocenters. The highest BCUT2D eigenvalue weighted by Gasteiger charge is 2.26. The van der Waals surface area contributed by atoms with Crippen molar-refractivity contribution in [3.63, 3.8) is 0 Å². The maximum atomic E-state index is 5.60. The van der Waals surface area contributed by atoms with Crippen LogP contribution in [0.2, 0.25) is 0 Å². The molecular formula is C7H12N4O. The second kappa shape index (κ2) is 3.20. The molecule has 2 rings (SSSR count). The number of nitrogens with zero attached hydrogens (tertiary/aromatic N) is 2. The quantitative estimate of drug-likeness (QED) is 0.656. The van der Waals surface area contributed by atoms with E-state index in [1.807, 2.05) is 0 Å². The van der Waals surface area contributed by atoms with Crippen LogP contribution in [0.4, 0.5) is 0 Å². The Labute approximate surface area is 70.3 Å². The molecule has 5 nitrogen and oxygen atoms in total. The van der Waals surface area contributed by atoms with E-state index >= 15 is 0 Å². The van der Waals surface area contributed by atoms with Crippen LogP contribution in [-0.2, 0) is 11.3 Å². The molecule has 12 heavy (non-hydrogen) atoms. The Hall–Kier alpha value is -0.940. The Morgan fingerprint density at radius 2 is 2.50 bits per heavy atom. The number of H-pyrrole nitrogens is 1. The molecule has 0 radical (unpaired) electrons. The fraction of sp³-hybridized carbons (Fsp3) is 0.714. The summed E-state index contributed by atoms with van der Waals surface area (Å²) in [5.41, 5.74) is 5.60. The summed E-state index contributed by atoms with van der Waals surface area (Å²) in [6, 6.07) is 0.338.